The minimum Gasteiger partial charge on any atom is -0.380 e. The number of halogens is 3. The SMILES string of the molecule is COCC(Cl)(Cl)Cl. The molecule has 0 saturated heterocycles. The van der Waals surface area contributed by atoms with Gasteiger partial charge in [0.15, 0.2) is 0 Å². The summed E-state index contributed by atoms with van der Waals surface area (Å²) in [7, 11) is 1.47. The highest BCUT2D eigenvalue weighted by Crippen LogP contribution is 2.25. The van der Waals surface area contributed by atoms with E-state index in [-0.39, 0.29) is 6.61 Å². The molecule has 0 aliphatic carbocycles. The summed E-state index contributed by atoms with van der Waals surface area (Å²) in [5.41, 5.74) is 0. The lowest BCUT2D eigenvalue weighted by molar-refractivity contribution is 0.205. The highest BCUT2D eigenvalue weighted by atomic mass is 35.6. The average Bonchev–Trinajstić information content (AvgIpc) is 1.30. The van der Waals surface area contributed by atoms with Crippen molar-refractivity contribution < 1.29 is 4.74 Å². The van der Waals surface area contributed by atoms with E-state index in [2.05, 4.69) is 4.74 Å². The molecule has 0 amide bonds. The van der Waals surface area contributed by atoms with Crippen LogP contribution in [0.15, 0.2) is 0 Å². The number of alkyl halides is 3. The molecule has 0 fully saturated rings. The van der Waals surface area contributed by atoms with Crippen LogP contribution in [0.1, 0.15) is 0 Å². The van der Waals surface area contributed by atoms with E-state index < -0.39 is 3.79 Å². The second kappa shape index (κ2) is 2.98. The lowest BCUT2D eigenvalue weighted by Gasteiger charge is -2.06. The molecule has 0 heterocycles. The lowest BCUT2D eigenvalue weighted by atomic mass is 10.8. The summed E-state index contributed by atoms with van der Waals surface area (Å²) in [5.74, 6) is 0. The molecule has 7 heavy (non-hydrogen) atoms. The van der Waals surface area contributed by atoms with Gasteiger partial charge in [0.1, 0.15) is 0 Å². The van der Waals surface area contributed by atoms with E-state index in [1.165, 1.54) is 7.11 Å². The Bertz CT molecular complexity index is 48.6. The Morgan fingerprint density at radius 2 is 1.86 bits per heavy atom. The molecule has 0 rings (SSSR count). The maximum absolute atomic E-state index is 5.24. The average molecular weight is 163 g/mol. The zero-order chi connectivity index (χ0) is 5.91. The second-order valence-electron chi connectivity index (χ2n) is 1.05. The molecule has 0 unspecified atom stereocenters. The van der Waals surface area contributed by atoms with Crippen molar-refractivity contribution in [3.05, 3.63) is 0 Å². The summed E-state index contributed by atoms with van der Waals surface area (Å²) < 4.78 is 3.26. The van der Waals surface area contributed by atoms with Crippen LogP contribution in [0.3, 0.4) is 0 Å². The van der Waals surface area contributed by atoms with E-state index in [9.17, 15) is 0 Å². The summed E-state index contributed by atoms with van der Waals surface area (Å²) >= 11 is 15.7. The quantitative estimate of drug-likeness (QED) is 0.537. The van der Waals surface area contributed by atoms with Gasteiger partial charge in [-0.2, -0.15) is 0 Å². The zero-order valence-electron chi connectivity index (χ0n) is 3.75. The molecule has 0 aromatic rings. The van der Waals surface area contributed by atoms with Crippen LogP contribution in [-0.2, 0) is 4.74 Å². The number of ether oxygens (including phenoxy) is 1. The van der Waals surface area contributed by atoms with Gasteiger partial charge >= 0.3 is 0 Å². The standard InChI is InChI=1S/C3H5Cl3O/c1-7-2-3(4,5)6/h2H2,1H3. The van der Waals surface area contributed by atoms with Crippen LogP contribution in [0.5, 0.6) is 0 Å². The Balaban J connectivity index is 3.15. The first-order chi connectivity index (χ1) is 3.06. The third kappa shape index (κ3) is 6.83. The normalized spacial score (nSPS) is 12.0. The fourth-order valence-corrected chi connectivity index (χ4v) is 0.491. The van der Waals surface area contributed by atoms with E-state index >= 15 is 0 Å². The van der Waals surface area contributed by atoms with Gasteiger partial charge in [0.2, 0.25) is 3.79 Å². The van der Waals surface area contributed by atoms with Crippen molar-refractivity contribution in [1.82, 2.24) is 0 Å². The number of rotatable bonds is 1. The van der Waals surface area contributed by atoms with Crippen molar-refractivity contribution in [2.75, 3.05) is 13.7 Å². The Labute approximate surface area is 57.5 Å². The number of methoxy groups -OCH3 is 1. The van der Waals surface area contributed by atoms with Gasteiger partial charge in [-0.25, -0.2) is 0 Å². The Morgan fingerprint density at radius 3 is 1.86 bits per heavy atom. The van der Waals surface area contributed by atoms with Crippen LogP contribution >= 0.6 is 34.8 Å². The van der Waals surface area contributed by atoms with Crippen molar-refractivity contribution in [1.29, 1.82) is 0 Å². The minimum atomic E-state index is -1.26. The lowest BCUT2D eigenvalue weighted by Crippen LogP contribution is -2.10. The largest absolute Gasteiger partial charge is 0.380 e. The van der Waals surface area contributed by atoms with Crippen LogP contribution < -0.4 is 0 Å². The summed E-state index contributed by atoms with van der Waals surface area (Å²) in [4.78, 5) is 0. The molecule has 0 aliphatic rings. The Hall–Kier alpha value is 0.830. The van der Waals surface area contributed by atoms with E-state index in [4.69, 9.17) is 34.8 Å². The van der Waals surface area contributed by atoms with Crippen molar-refractivity contribution in [3.63, 3.8) is 0 Å². The van der Waals surface area contributed by atoms with Crippen molar-refractivity contribution >= 4 is 34.8 Å². The maximum atomic E-state index is 5.24. The van der Waals surface area contributed by atoms with E-state index in [1.54, 1.807) is 0 Å². The number of hydrogen-bond donors (Lipinski definition) is 0. The fourth-order valence-electron chi connectivity index (χ4n) is 0.164. The molecule has 0 saturated carbocycles. The minimum absolute atomic E-state index is 0.137. The molecular formula is C3H5Cl3O. The van der Waals surface area contributed by atoms with Crippen LogP contribution in [-0.4, -0.2) is 17.5 Å². The van der Waals surface area contributed by atoms with Crippen LogP contribution in [0.4, 0.5) is 0 Å². The van der Waals surface area contributed by atoms with Gasteiger partial charge in [0, 0.05) is 7.11 Å². The van der Waals surface area contributed by atoms with Crippen molar-refractivity contribution in [2.45, 2.75) is 3.79 Å². The summed E-state index contributed by atoms with van der Waals surface area (Å²) in [6.45, 7) is 0.137. The molecule has 0 bridgehead atoms. The molecule has 0 spiro atoms. The molecular weight excluding hydrogens is 158 g/mol. The van der Waals surface area contributed by atoms with Crippen molar-refractivity contribution in [2.24, 2.45) is 0 Å². The second-order valence-corrected chi connectivity index (χ2v) is 3.56. The maximum Gasteiger partial charge on any atom is 0.213 e. The summed E-state index contributed by atoms with van der Waals surface area (Å²) in [6.07, 6.45) is 0. The summed E-state index contributed by atoms with van der Waals surface area (Å²) in [6, 6.07) is 0. The third-order valence-electron chi connectivity index (χ3n) is 0.308. The molecule has 0 aromatic heterocycles. The monoisotopic (exact) mass is 162 g/mol. The zero-order valence-corrected chi connectivity index (χ0v) is 6.02. The predicted molar refractivity (Wildman–Crippen MR) is 32.2 cm³/mol. The van der Waals surface area contributed by atoms with Gasteiger partial charge in [-0.05, 0) is 0 Å². The molecule has 0 radical (unpaired) electrons. The van der Waals surface area contributed by atoms with Crippen LogP contribution in [0.25, 0.3) is 0 Å². The molecule has 0 N–H and O–H groups in total. The topological polar surface area (TPSA) is 9.23 Å². The van der Waals surface area contributed by atoms with Gasteiger partial charge < -0.3 is 4.74 Å². The molecule has 4 heteroatoms. The van der Waals surface area contributed by atoms with Gasteiger partial charge in [0.25, 0.3) is 0 Å². The predicted octanol–water partition coefficient (Wildman–Crippen LogP) is 2.00. The first kappa shape index (κ1) is 7.83. The van der Waals surface area contributed by atoms with E-state index in [1.807, 2.05) is 0 Å². The molecule has 0 aliphatic heterocycles. The van der Waals surface area contributed by atoms with Crippen molar-refractivity contribution in [3.8, 4) is 0 Å². The van der Waals surface area contributed by atoms with Gasteiger partial charge in [-0.15, -0.1) is 0 Å². The fraction of sp³-hybridized carbons (Fsp3) is 1.00. The van der Waals surface area contributed by atoms with Gasteiger partial charge in [0.05, 0.1) is 6.61 Å². The first-order valence-electron chi connectivity index (χ1n) is 1.62. The number of hydrogen-bond acceptors (Lipinski definition) is 1. The van der Waals surface area contributed by atoms with E-state index in [0.717, 1.165) is 0 Å². The van der Waals surface area contributed by atoms with Crippen LogP contribution in [0, 0.1) is 0 Å². The first-order valence-corrected chi connectivity index (χ1v) is 2.75. The Morgan fingerprint density at radius 1 is 1.43 bits per heavy atom. The van der Waals surface area contributed by atoms with Gasteiger partial charge in [-0.1, -0.05) is 34.8 Å². The Kier molecular flexibility index (Phi) is 3.33. The summed E-state index contributed by atoms with van der Waals surface area (Å²) in [5, 5.41) is 0. The smallest absolute Gasteiger partial charge is 0.213 e. The molecule has 0 atom stereocenters. The highest BCUT2D eigenvalue weighted by Gasteiger charge is 2.17. The van der Waals surface area contributed by atoms with Crippen LogP contribution in [0.2, 0.25) is 0 Å². The molecule has 44 valence electrons. The van der Waals surface area contributed by atoms with E-state index in [0.29, 0.717) is 0 Å². The highest BCUT2D eigenvalue weighted by molar-refractivity contribution is 6.67. The van der Waals surface area contributed by atoms with Gasteiger partial charge in [-0.3, -0.25) is 0 Å². The molecule has 1 nitrogen and oxygen atoms in total. The molecule has 0 aromatic carbocycles. The third-order valence-corrected chi connectivity index (χ3v) is 0.635.